The maximum Gasteiger partial charge on any atom is 0.472 e. The van der Waals surface area contributed by atoms with Crippen LogP contribution in [0, 0.1) is 0 Å². The van der Waals surface area contributed by atoms with E-state index in [0.717, 1.165) is 103 Å². The van der Waals surface area contributed by atoms with Crippen LogP contribution in [0.1, 0.15) is 400 Å². The monoisotopic (exact) mass is 1380 g/mol. The summed E-state index contributed by atoms with van der Waals surface area (Å²) in [5.41, 5.74) is 0. The number of unbranched alkanes of at least 4 members (excludes halogenated alkanes) is 50. The number of phosphoric acid groups is 2. The topological polar surface area (TPSA) is 237 Å². The first kappa shape index (κ1) is 92.1. The van der Waals surface area contributed by atoms with Crippen molar-refractivity contribution in [3.05, 3.63) is 0 Å². The van der Waals surface area contributed by atoms with Crippen molar-refractivity contribution >= 4 is 39.5 Å². The molecule has 0 aromatic heterocycles. The second-order valence-corrected chi connectivity index (χ2v) is 29.9. The minimum Gasteiger partial charge on any atom is -0.462 e. The molecular formula is C75H146O17P2. The molecule has 0 bridgehead atoms. The third-order valence-corrected chi connectivity index (χ3v) is 19.5. The highest BCUT2D eigenvalue weighted by molar-refractivity contribution is 7.47. The molecule has 0 amide bonds. The van der Waals surface area contributed by atoms with Crippen LogP contribution in [0.15, 0.2) is 0 Å². The number of phosphoric ester groups is 2. The number of carbonyl (C=O) groups excluding carboxylic acids is 4. The first-order chi connectivity index (χ1) is 45.7. The lowest BCUT2D eigenvalue weighted by Gasteiger charge is -2.21. The van der Waals surface area contributed by atoms with Crippen LogP contribution in [0.2, 0.25) is 0 Å². The van der Waals surface area contributed by atoms with Crippen LogP contribution in [0.5, 0.6) is 0 Å². The van der Waals surface area contributed by atoms with Crippen molar-refractivity contribution in [3.8, 4) is 0 Å². The van der Waals surface area contributed by atoms with E-state index in [1.807, 2.05) is 0 Å². The molecule has 5 atom stereocenters. The molecule has 0 aliphatic carbocycles. The molecule has 0 aliphatic heterocycles. The first-order valence-electron chi connectivity index (χ1n) is 39.3. The summed E-state index contributed by atoms with van der Waals surface area (Å²) >= 11 is 0. The standard InChI is InChI=1S/C75H146O17P2/c1-5-9-13-17-20-23-25-27-29-31-33-34-35-37-39-41-43-45-47-50-54-58-62-75(80)92-71(66-86-73(78)60-56-52-49-46-44-42-40-38-36-32-30-28-26-24-21-18-14-10-6-2)68-90-94(83,84)88-64-69(76)63-87-93(81,82)89-67-70(65-85-72(77)59-55-51-16-12-8-4)91-74(79)61-57-53-48-22-19-15-11-7-3/h69-71,76H,5-68H2,1-4H3,(H,81,82)(H,83,84)/t69-,70+,71+/m0/s1. The van der Waals surface area contributed by atoms with Crippen molar-refractivity contribution in [1.29, 1.82) is 0 Å². The van der Waals surface area contributed by atoms with E-state index in [1.165, 1.54) is 218 Å². The number of hydrogen-bond acceptors (Lipinski definition) is 15. The van der Waals surface area contributed by atoms with E-state index >= 15 is 0 Å². The molecule has 0 fully saturated rings. The molecule has 0 aliphatic rings. The molecule has 0 saturated carbocycles. The molecule has 0 spiro atoms. The molecule has 0 saturated heterocycles. The number of ether oxygens (including phenoxy) is 4. The Bertz CT molecular complexity index is 1790. The van der Waals surface area contributed by atoms with Crippen molar-refractivity contribution in [1.82, 2.24) is 0 Å². The molecule has 2 unspecified atom stereocenters. The van der Waals surface area contributed by atoms with Crippen molar-refractivity contribution in [3.63, 3.8) is 0 Å². The summed E-state index contributed by atoms with van der Waals surface area (Å²) in [7, 11) is -9.89. The van der Waals surface area contributed by atoms with E-state index in [-0.39, 0.29) is 25.7 Å². The molecule has 0 aromatic carbocycles. The van der Waals surface area contributed by atoms with Gasteiger partial charge in [0.05, 0.1) is 26.4 Å². The van der Waals surface area contributed by atoms with Crippen LogP contribution in [0.3, 0.4) is 0 Å². The zero-order valence-corrected chi connectivity index (χ0v) is 62.7. The Morgan fingerprint density at radius 1 is 0.255 bits per heavy atom. The number of carbonyl (C=O) groups is 4. The van der Waals surface area contributed by atoms with E-state index in [2.05, 4.69) is 27.7 Å². The van der Waals surface area contributed by atoms with Gasteiger partial charge in [0.1, 0.15) is 19.3 Å². The van der Waals surface area contributed by atoms with E-state index in [0.29, 0.717) is 25.7 Å². The van der Waals surface area contributed by atoms with Gasteiger partial charge in [-0.2, -0.15) is 0 Å². The fraction of sp³-hybridized carbons (Fsp3) is 0.947. The molecule has 0 radical (unpaired) electrons. The number of hydrogen-bond donors (Lipinski definition) is 3. The number of aliphatic hydroxyl groups excluding tert-OH is 1. The van der Waals surface area contributed by atoms with Crippen LogP contribution in [-0.4, -0.2) is 96.7 Å². The van der Waals surface area contributed by atoms with Gasteiger partial charge < -0.3 is 33.8 Å². The summed E-state index contributed by atoms with van der Waals surface area (Å²) in [6.07, 6.45) is 60.5. The van der Waals surface area contributed by atoms with Crippen molar-refractivity contribution in [2.75, 3.05) is 39.6 Å². The summed E-state index contributed by atoms with van der Waals surface area (Å²) < 4.78 is 68.1. The third kappa shape index (κ3) is 68.6. The van der Waals surface area contributed by atoms with Gasteiger partial charge in [-0.3, -0.25) is 37.3 Å². The fourth-order valence-corrected chi connectivity index (χ4v) is 13.2. The van der Waals surface area contributed by atoms with Gasteiger partial charge in [0.25, 0.3) is 0 Å². The van der Waals surface area contributed by atoms with E-state index in [9.17, 15) is 43.2 Å². The van der Waals surface area contributed by atoms with Crippen LogP contribution in [-0.2, 0) is 65.4 Å². The van der Waals surface area contributed by atoms with Gasteiger partial charge in [-0.1, -0.05) is 349 Å². The average Bonchev–Trinajstić information content (AvgIpc) is 2.57. The minimum absolute atomic E-state index is 0.105. The quantitative estimate of drug-likeness (QED) is 0.0222. The molecule has 0 heterocycles. The van der Waals surface area contributed by atoms with Crippen molar-refractivity contribution in [2.45, 2.75) is 418 Å². The Balaban J connectivity index is 5.06. The van der Waals surface area contributed by atoms with Gasteiger partial charge >= 0.3 is 39.5 Å². The molecule has 94 heavy (non-hydrogen) atoms. The maximum absolute atomic E-state index is 13.1. The van der Waals surface area contributed by atoms with E-state index in [1.54, 1.807) is 0 Å². The van der Waals surface area contributed by atoms with Crippen molar-refractivity contribution in [2.24, 2.45) is 0 Å². The Hall–Kier alpha value is -1.94. The summed E-state index contributed by atoms with van der Waals surface area (Å²) in [6, 6.07) is 0. The Labute approximate surface area is 575 Å². The van der Waals surface area contributed by atoms with Gasteiger partial charge in [0, 0.05) is 25.7 Å². The molecular weight excluding hydrogens is 1230 g/mol. The molecule has 558 valence electrons. The molecule has 17 nitrogen and oxygen atoms in total. The lowest BCUT2D eigenvalue weighted by molar-refractivity contribution is -0.161. The normalized spacial score (nSPS) is 13.9. The fourth-order valence-electron chi connectivity index (χ4n) is 11.6. The number of esters is 4. The number of rotatable bonds is 76. The first-order valence-corrected chi connectivity index (χ1v) is 42.3. The summed E-state index contributed by atoms with van der Waals surface area (Å²) in [5, 5.41) is 10.6. The Morgan fingerprint density at radius 3 is 0.628 bits per heavy atom. The Kier molecular flexibility index (Phi) is 68.1. The zero-order valence-electron chi connectivity index (χ0n) is 60.9. The Morgan fingerprint density at radius 2 is 0.426 bits per heavy atom. The van der Waals surface area contributed by atoms with Crippen molar-refractivity contribution < 1.29 is 80.2 Å². The molecule has 0 aromatic rings. The molecule has 0 rings (SSSR count). The second kappa shape index (κ2) is 69.5. The van der Waals surface area contributed by atoms with Crippen LogP contribution in [0.25, 0.3) is 0 Å². The predicted molar refractivity (Wildman–Crippen MR) is 382 cm³/mol. The average molecular weight is 1380 g/mol. The maximum atomic E-state index is 13.1. The largest absolute Gasteiger partial charge is 0.472 e. The van der Waals surface area contributed by atoms with Crippen LogP contribution >= 0.6 is 15.6 Å². The lowest BCUT2D eigenvalue weighted by Crippen LogP contribution is -2.30. The smallest absolute Gasteiger partial charge is 0.462 e. The molecule has 19 heteroatoms. The van der Waals surface area contributed by atoms with Gasteiger partial charge in [-0.05, 0) is 25.7 Å². The van der Waals surface area contributed by atoms with Gasteiger partial charge in [0.15, 0.2) is 12.2 Å². The van der Waals surface area contributed by atoms with Gasteiger partial charge in [0.2, 0.25) is 0 Å². The molecule has 3 N–H and O–H groups in total. The second-order valence-electron chi connectivity index (χ2n) is 27.0. The highest BCUT2D eigenvalue weighted by Gasteiger charge is 2.30. The predicted octanol–water partition coefficient (Wildman–Crippen LogP) is 22.2. The summed E-state index contributed by atoms with van der Waals surface area (Å²) in [4.78, 5) is 72.3. The summed E-state index contributed by atoms with van der Waals surface area (Å²) in [6.45, 7) is 4.85. The van der Waals surface area contributed by atoms with Crippen LogP contribution < -0.4 is 0 Å². The third-order valence-electron chi connectivity index (χ3n) is 17.6. The minimum atomic E-state index is -4.95. The highest BCUT2D eigenvalue weighted by atomic mass is 31.2. The SMILES string of the molecule is CCCCCCCCCCCCCCCCCCCCCCCCC(=O)O[C@H](COC(=O)CCCCCCCCCCCCCCCCCCCCC)COP(=O)(O)OC[C@@H](O)COP(=O)(O)OC[C@@H](COC(=O)CCCCCCC)OC(=O)CCCCCCCCCC. The van der Waals surface area contributed by atoms with Crippen LogP contribution in [0.4, 0.5) is 0 Å². The number of aliphatic hydroxyl groups is 1. The van der Waals surface area contributed by atoms with E-state index < -0.39 is 97.5 Å². The highest BCUT2D eigenvalue weighted by Crippen LogP contribution is 2.45. The van der Waals surface area contributed by atoms with Gasteiger partial charge in [-0.25, -0.2) is 9.13 Å². The summed E-state index contributed by atoms with van der Waals surface area (Å²) in [5.74, 6) is -2.13. The van der Waals surface area contributed by atoms with E-state index in [4.69, 9.17) is 37.0 Å². The zero-order chi connectivity index (χ0) is 69.0. The lowest BCUT2D eigenvalue weighted by atomic mass is 10.0. The van der Waals surface area contributed by atoms with Gasteiger partial charge in [-0.15, -0.1) is 0 Å².